The molecule has 0 amide bonds. The van der Waals surface area contributed by atoms with Gasteiger partial charge in [-0.2, -0.15) is 0 Å². The molecule has 0 aliphatic heterocycles. The van der Waals surface area contributed by atoms with E-state index in [1.165, 1.54) is 0 Å². The smallest absolute Gasteiger partial charge is 0.449 e. The van der Waals surface area contributed by atoms with Crippen LogP contribution < -0.4 is 0 Å². The summed E-state index contributed by atoms with van der Waals surface area (Å²) >= 11 is 0. The third kappa shape index (κ3) is 23.1. The molecule has 0 bridgehead atoms. The van der Waals surface area contributed by atoms with Crippen molar-refractivity contribution in [3.8, 4) is 0 Å². The topological polar surface area (TPSA) is 63.6 Å². The zero-order valence-corrected chi connectivity index (χ0v) is 11.0. The van der Waals surface area contributed by atoms with Crippen molar-refractivity contribution < 1.29 is 58.4 Å². The summed E-state index contributed by atoms with van der Waals surface area (Å²) in [7, 11) is 0. The Morgan fingerprint density at radius 2 is 1.60 bits per heavy atom. The summed E-state index contributed by atoms with van der Waals surface area (Å²) in [6.45, 7) is 1.02. The van der Waals surface area contributed by atoms with Gasteiger partial charge >= 0.3 is 35.2 Å². The van der Waals surface area contributed by atoms with Crippen molar-refractivity contribution in [3.05, 3.63) is 0 Å². The van der Waals surface area contributed by atoms with E-state index in [0.717, 1.165) is 6.92 Å². The third-order valence-corrected chi connectivity index (χ3v) is 0.231. The van der Waals surface area contributed by atoms with Gasteiger partial charge in [0, 0.05) is 45.9 Å². The van der Waals surface area contributed by atoms with Crippen LogP contribution in [-0.4, -0.2) is 40.3 Å². The fourth-order valence-electron chi connectivity index (χ4n) is 0.123. The van der Waals surface area contributed by atoms with Crippen molar-refractivity contribution in [2.75, 3.05) is 0 Å². The Bertz CT molecular complexity index is 94.7. The van der Waals surface area contributed by atoms with Gasteiger partial charge in [0.05, 0.1) is 0 Å². The second-order valence-electron chi connectivity index (χ2n) is 0.860. The predicted octanol–water partition coefficient (Wildman–Crippen LogP) is -0.694. The first-order valence-electron chi connectivity index (χ1n) is 1.54. The van der Waals surface area contributed by atoms with Crippen molar-refractivity contribution in [3.63, 3.8) is 0 Å². The number of rotatable bonds is 0. The van der Waals surface area contributed by atoms with Crippen molar-refractivity contribution >= 4 is 35.2 Å². The molecule has 4 nitrogen and oxygen atoms in total. The van der Waals surface area contributed by atoms with Crippen LogP contribution in [0.5, 0.6) is 0 Å². The maximum Gasteiger partial charge on any atom is 0.513 e. The number of hydrogen-bond acceptors (Lipinski definition) is 3. The summed E-state index contributed by atoms with van der Waals surface area (Å²) in [6.07, 6.45) is -1.56. The molecule has 0 rings (SSSR count). The predicted molar refractivity (Wildman–Crippen MR) is 28.3 cm³/mol. The average molecular weight is 261 g/mol. The van der Waals surface area contributed by atoms with E-state index in [1.54, 1.807) is 0 Å². The quantitative estimate of drug-likeness (QED) is 0.356. The van der Waals surface area contributed by atoms with Crippen molar-refractivity contribution in [1.82, 2.24) is 0 Å². The SMILES string of the molecule is CC(=O)OC(=O)O.[MgH2].[Zn].[Zn]. The zero-order chi connectivity index (χ0) is 5.86. The number of ether oxygens (including phenoxy) is 1. The molecular formula is C3H6MgO4Zn2. The van der Waals surface area contributed by atoms with E-state index in [2.05, 4.69) is 4.74 Å². The largest absolute Gasteiger partial charge is 0.513 e. The van der Waals surface area contributed by atoms with Crippen LogP contribution in [0, 0.1) is 0 Å². The van der Waals surface area contributed by atoms with Gasteiger partial charge in [-0.05, 0) is 0 Å². The van der Waals surface area contributed by atoms with Gasteiger partial charge in [-0.25, -0.2) is 4.79 Å². The van der Waals surface area contributed by atoms with Gasteiger partial charge in [-0.15, -0.1) is 0 Å². The van der Waals surface area contributed by atoms with Gasteiger partial charge in [0.15, 0.2) is 0 Å². The van der Waals surface area contributed by atoms with E-state index >= 15 is 0 Å². The number of hydrogen-bond donors (Lipinski definition) is 1. The number of carbonyl (C=O) groups is 2. The Kier molecular flexibility index (Phi) is 28.3. The van der Waals surface area contributed by atoms with Crippen LogP contribution in [0.25, 0.3) is 0 Å². The molecule has 7 heteroatoms. The van der Waals surface area contributed by atoms with Crippen LogP contribution in [0.15, 0.2) is 0 Å². The van der Waals surface area contributed by atoms with E-state index in [0.29, 0.717) is 0 Å². The van der Waals surface area contributed by atoms with Gasteiger partial charge in [-0.3, -0.25) is 4.79 Å². The minimum absolute atomic E-state index is 0. The van der Waals surface area contributed by atoms with Gasteiger partial charge in [-0.1, -0.05) is 0 Å². The van der Waals surface area contributed by atoms with Gasteiger partial charge in [0.2, 0.25) is 0 Å². The Hall–Kier alpha value is 0.953. The van der Waals surface area contributed by atoms with E-state index in [1.807, 2.05) is 0 Å². The second-order valence-corrected chi connectivity index (χ2v) is 0.860. The van der Waals surface area contributed by atoms with Crippen LogP contribution in [0.1, 0.15) is 6.92 Å². The fourth-order valence-corrected chi connectivity index (χ4v) is 0.123. The molecule has 0 radical (unpaired) electrons. The first-order valence-corrected chi connectivity index (χ1v) is 1.54. The molecular weight excluding hydrogens is 255 g/mol. The zero-order valence-electron chi connectivity index (χ0n) is 5.09. The summed E-state index contributed by atoms with van der Waals surface area (Å²) in [4.78, 5) is 19.0. The molecule has 0 aromatic heterocycles. The third-order valence-electron chi connectivity index (χ3n) is 0.231. The summed E-state index contributed by atoms with van der Waals surface area (Å²) in [6, 6.07) is 0. The monoisotopic (exact) mass is 258 g/mol. The molecule has 0 spiro atoms. The number of carbonyl (C=O) groups excluding carboxylic acids is 1. The Labute approximate surface area is 99.7 Å². The summed E-state index contributed by atoms with van der Waals surface area (Å²) in [5.74, 6) is -0.812. The Morgan fingerprint density at radius 1 is 1.30 bits per heavy atom. The molecule has 0 heterocycles. The summed E-state index contributed by atoms with van der Waals surface area (Å²) in [5.41, 5.74) is 0. The molecule has 0 aliphatic carbocycles. The van der Waals surface area contributed by atoms with E-state index < -0.39 is 12.1 Å². The molecule has 0 aromatic carbocycles. The summed E-state index contributed by atoms with van der Waals surface area (Å²) in [5, 5.41) is 7.64. The van der Waals surface area contributed by atoms with Gasteiger partial charge in [0.1, 0.15) is 0 Å². The van der Waals surface area contributed by atoms with E-state index in [-0.39, 0.29) is 62.0 Å². The summed E-state index contributed by atoms with van der Waals surface area (Å²) < 4.78 is 3.53. The van der Waals surface area contributed by atoms with Crippen LogP contribution in [0.4, 0.5) is 4.79 Å². The molecule has 48 valence electrons. The van der Waals surface area contributed by atoms with Crippen LogP contribution >= 0.6 is 0 Å². The molecule has 0 fully saturated rings. The molecule has 1 N–H and O–H groups in total. The van der Waals surface area contributed by atoms with Crippen molar-refractivity contribution in [2.24, 2.45) is 0 Å². The molecule has 0 aromatic rings. The number of esters is 1. The van der Waals surface area contributed by atoms with Crippen LogP contribution in [-0.2, 0) is 48.5 Å². The van der Waals surface area contributed by atoms with Gasteiger partial charge in [0.25, 0.3) is 0 Å². The Balaban J connectivity index is -0.0000000600. The normalized spacial score (nSPS) is 5.30. The fraction of sp³-hybridized carbons (Fsp3) is 0.333. The second kappa shape index (κ2) is 12.6. The van der Waals surface area contributed by atoms with Crippen molar-refractivity contribution in [2.45, 2.75) is 6.92 Å². The van der Waals surface area contributed by atoms with Crippen LogP contribution in [0.3, 0.4) is 0 Å². The average Bonchev–Trinajstić information content (AvgIpc) is 1.27. The number of carboxylic acid groups (broad SMARTS) is 1. The van der Waals surface area contributed by atoms with E-state index in [4.69, 9.17) is 5.11 Å². The minimum Gasteiger partial charge on any atom is -0.449 e. The minimum atomic E-state index is -1.56. The first kappa shape index (κ1) is 22.4. The van der Waals surface area contributed by atoms with Crippen molar-refractivity contribution in [1.29, 1.82) is 0 Å². The Morgan fingerprint density at radius 3 is 1.60 bits per heavy atom. The molecule has 0 aliphatic rings. The molecule has 0 saturated heterocycles. The maximum atomic E-state index is 9.65. The maximum absolute atomic E-state index is 9.65. The first-order chi connectivity index (χ1) is 3.13. The van der Waals surface area contributed by atoms with Gasteiger partial charge < -0.3 is 9.84 Å². The molecule has 0 unspecified atom stereocenters. The van der Waals surface area contributed by atoms with Crippen LogP contribution in [0.2, 0.25) is 0 Å². The van der Waals surface area contributed by atoms with E-state index in [9.17, 15) is 9.59 Å². The standard InChI is InChI=1S/C3H4O4.Mg.2Zn.2H/c1-2(4)7-3(5)6;;;;;/h1H3,(H,5,6);;;;;. The molecule has 0 atom stereocenters. The molecule has 10 heavy (non-hydrogen) atoms. The molecule has 0 saturated carbocycles.